The number of benzene rings is 2. The minimum atomic E-state index is -3.16. The van der Waals surface area contributed by atoms with Gasteiger partial charge in [0.15, 0.2) is 15.8 Å². The summed E-state index contributed by atoms with van der Waals surface area (Å²) >= 11 is 0. The lowest BCUT2D eigenvalue weighted by Gasteiger charge is -2.22. The number of hydrogen-bond acceptors (Lipinski definition) is 6. The SMILES string of the molecule is Cc1cccc(C2=CC(NCCc3ccc(S(C)(=O)=O)cc3)N=C(N)N2)c1C. The lowest BCUT2D eigenvalue weighted by Crippen LogP contribution is -2.40. The molecule has 0 bridgehead atoms. The van der Waals surface area contributed by atoms with Gasteiger partial charge in [-0.3, -0.25) is 5.32 Å². The molecule has 0 fully saturated rings. The minimum Gasteiger partial charge on any atom is -0.370 e. The number of aliphatic imine (C=N–C) groups is 1. The van der Waals surface area contributed by atoms with Gasteiger partial charge in [0.25, 0.3) is 0 Å². The highest BCUT2D eigenvalue weighted by Crippen LogP contribution is 2.21. The number of nitrogens with one attached hydrogen (secondary N) is 2. The van der Waals surface area contributed by atoms with Crippen LogP contribution in [0.4, 0.5) is 0 Å². The summed E-state index contributed by atoms with van der Waals surface area (Å²) in [5.41, 5.74) is 11.5. The van der Waals surface area contributed by atoms with Crippen LogP contribution < -0.4 is 16.4 Å². The van der Waals surface area contributed by atoms with Crippen molar-refractivity contribution in [3.63, 3.8) is 0 Å². The first kappa shape index (κ1) is 20.1. The molecule has 28 heavy (non-hydrogen) atoms. The molecule has 0 spiro atoms. The molecule has 1 aliphatic rings. The molecule has 0 amide bonds. The van der Waals surface area contributed by atoms with Crippen molar-refractivity contribution in [2.75, 3.05) is 12.8 Å². The molecule has 2 aromatic rings. The van der Waals surface area contributed by atoms with Gasteiger partial charge in [-0.25, -0.2) is 13.4 Å². The van der Waals surface area contributed by atoms with E-state index in [9.17, 15) is 8.42 Å². The van der Waals surface area contributed by atoms with Crippen LogP contribution in [-0.2, 0) is 16.3 Å². The summed E-state index contributed by atoms with van der Waals surface area (Å²) in [7, 11) is -3.16. The first-order valence-corrected chi connectivity index (χ1v) is 11.0. The van der Waals surface area contributed by atoms with E-state index in [0.717, 1.165) is 23.2 Å². The van der Waals surface area contributed by atoms with E-state index in [1.165, 1.54) is 17.4 Å². The second-order valence-electron chi connectivity index (χ2n) is 7.03. The average Bonchev–Trinajstić information content (AvgIpc) is 2.63. The van der Waals surface area contributed by atoms with Gasteiger partial charge in [0.1, 0.15) is 6.17 Å². The van der Waals surface area contributed by atoms with Gasteiger partial charge in [0.2, 0.25) is 0 Å². The Morgan fingerprint density at radius 1 is 1.14 bits per heavy atom. The Labute approximate surface area is 166 Å². The van der Waals surface area contributed by atoms with Crippen LogP contribution in [0.3, 0.4) is 0 Å². The third kappa shape index (κ3) is 4.79. The molecular weight excluding hydrogens is 372 g/mol. The highest BCUT2D eigenvalue weighted by molar-refractivity contribution is 7.90. The lowest BCUT2D eigenvalue weighted by atomic mass is 10.00. The molecule has 1 atom stereocenters. The van der Waals surface area contributed by atoms with Crippen LogP contribution in [0.1, 0.15) is 22.3 Å². The summed E-state index contributed by atoms with van der Waals surface area (Å²) in [6.07, 6.45) is 3.79. The van der Waals surface area contributed by atoms with E-state index >= 15 is 0 Å². The molecule has 0 radical (unpaired) electrons. The molecule has 0 saturated carbocycles. The number of rotatable bonds is 6. The van der Waals surface area contributed by atoms with E-state index in [0.29, 0.717) is 17.4 Å². The third-order valence-electron chi connectivity index (χ3n) is 4.88. The lowest BCUT2D eigenvalue weighted by molar-refractivity contribution is 0.601. The summed E-state index contributed by atoms with van der Waals surface area (Å²) in [5.74, 6) is 0.383. The second kappa shape index (κ2) is 8.16. The Bertz CT molecular complexity index is 1020. The molecule has 0 saturated heterocycles. The number of aryl methyl sites for hydroxylation is 1. The van der Waals surface area contributed by atoms with Gasteiger partial charge < -0.3 is 11.1 Å². The predicted molar refractivity (Wildman–Crippen MR) is 114 cm³/mol. The molecule has 1 aliphatic heterocycles. The smallest absolute Gasteiger partial charge is 0.195 e. The molecule has 7 heteroatoms. The molecule has 2 aromatic carbocycles. The van der Waals surface area contributed by atoms with Gasteiger partial charge in [-0.2, -0.15) is 0 Å². The molecule has 1 unspecified atom stereocenters. The van der Waals surface area contributed by atoms with Crippen molar-refractivity contribution < 1.29 is 8.42 Å². The van der Waals surface area contributed by atoms with Crippen molar-refractivity contribution in [3.8, 4) is 0 Å². The standard InChI is InChI=1S/C21H26N4O2S/c1-14-5-4-6-18(15(14)2)19-13-20(25-21(22)24-19)23-12-11-16-7-9-17(10-8-16)28(3,26)27/h4-10,13,20,23H,11-12H2,1-3H3,(H3,22,24,25). The van der Waals surface area contributed by atoms with E-state index in [4.69, 9.17) is 5.73 Å². The molecular formula is C21H26N4O2S. The molecule has 1 heterocycles. The van der Waals surface area contributed by atoms with Crippen molar-refractivity contribution >= 4 is 21.5 Å². The zero-order valence-electron chi connectivity index (χ0n) is 16.4. The van der Waals surface area contributed by atoms with Crippen molar-refractivity contribution in [1.82, 2.24) is 10.6 Å². The first-order chi connectivity index (χ1) is 13.2. The maximum absolute atomic E-state index is 11.5. The van der Waals surface area contributed by atoms with Gasteiger partial charge in [-0.15, -0.1) is 0 Å². The average molecular weight is 399 g/mol. The van der Waals surface area contributed by atoms with Gasteiger partial charge in [0.05, 0.1) is 4.90 Å². The fourth-order valence-corrected chi connectivity index (χ4v) is 3.76. The third-order valence-corrected chi connectivity index (χ3v) is 6.01. The van der Waals surface area contributed by atoms with E-state index in [-0.39, 0.29) is 6.17 Å². The summed E-state index contributed by atoms with van der Waals surface area (Å²) in [6, 6.07) is 13.2. The Morgan fingerprint density at radius 2 is 1.86 bits per heavy atom. The first-order valence-electron chi connectivity index (χ1n) is 9.15. The number of nitrogens with two attached hydrogens (primary N) is 1. The summed E-state index contributed by atoms with van der Waals surface area (Å²) in [6.45, 7) is 4.87. The van der Waals surface area contributed by atoms with Crippen LogP contribution in [0, 0.1) is 13.8 Å². The van der Waals surface area contributed by atoms with Crippen LogP contribution in [0.2, 0.25) is 0 Å². The molecule has 3 rings (SSSR count). The topological polar surface area (TPSA) is 96.6 Å². The van der Waals surface area contributed by atoms with Gasteiger partial charge in [0, 0.05) is 24.1 Å². The van der Waals surface area contributed by atoms with Crippen LogP contribution in [-0.4, -0.2) is 33.3 Å². The minimum absolute atomic E-state index is 0.216. The monoisotopic (exact) mass is 398 g/mol. The molecule has 148 valence electrons. The molecule has 6 nitrogen and oxygen atoms in total. The van der Waals surface area contributed by atoms with Crippen molar-refractivity contribution in [1.29, 1.82) is 0 Å². The largest absolute Gasteiger partial charge is 0.370 e. The zero-order chi connectivity index (χ0) is 20.3. The van der Waals surface area contributed by atoms with E-state index in [2.05, 4.69) is 41.6 Å². The summed E-state index contributed by atoms with van der Waals surface area (Å²) < 4.78 is 23.1. The van der Waals surface area contributed by atoms with Crippen LogP contribution in [0.15, 0.2) is 58.4 Å². The van der Waals surface area contributed by atoms with Crippen LogP contribution >= 0.6 is 0 Å². The van der Waals surface area contributed by atoms with Crippen molar-refractivity contribution in [2.45, 2.75) is 31.3 Å². The second-order valence-corrected chi connectivity index (χ2v) is 9.05. The Balaban J connectivity index is 1.66. The highest BCUT2D eigenvalue weighted by Gasteiger charge is 2.16. The Hall–Kier alpha value is -2.64. The van der Waals surface area contributed by atoms with E-state index in [1.54, 1.807) is 12.1 Å². The fourth-order valence-electron chi connectivity index (χ4n) is 3.13. The predicted octanol–water partition coefficient (Wildman–Crippen LogP) is 2.12. The van der Waals surface area contributed by atoms with Gasteiger partial charge >= 0.3 is 0 Å². The van der Waals surface area contributed by atoms with Crippen LogP contribution in [0.5, 0.6) is 0 Å². The molecule has 4 N–H and O–H groups in total. The van der Waals surface area contributed by atoms with Crippen molar-refractivity contribution in [2.24, 2.45) is 10.7 Å². The number of nitrogens with zero attached hydrogens (tertiary/aromatic N) is 1. The normalized spacial score (nSPS) is 16.9. The van der Waals surface area contributed by atoms with Gasteiger partial charge in [-0.1, -0.05) is 30.3 Å². The van der Waals surface area contributed by atoms with Crippen molar-refractivity contribution in [3.05, 3.63) is 70.8 Å². The van der Waals surface area contributed by atoms with Gasteiger partial charge in [-0.05, 0) is 55.2 Å². The number of hydrogen-bond donors (Lipinski definition) is 3. The highest BCUT2D eigenvalue weighted by atomic mass is 32.2. The number of guanidine groups is 1. The van der Waals surface area contributed by atoms with E-state index < -0.39 is 9.84 Å². The molecule has 0 aliphatic carbocycles. The fraction of sp³-hybridized carbons (Fsp3) is 0.286. The maximum atomic E-state index is 11.5. The summed E-state index contributed by atoms with van der Waals surface area (Å²) in [5, 5.41) is 6.53. The zero-order valence-corrected chi connectivity index (χ0v) is 17.2. The van der Waals surface area contributed by atoms with Crippen LogP contribution in [0.25, 0.3) is 5.70 Å². The quantitative estimate of drug-likeness (QED) is 0.693. The van der Waals surface area contributed by atoms with E-state index in [1.807, 2.05) is 24.3 Å². The number of sulfone groups is 1. The maximum Gasteiger partial charge on any atom is 0.195 e. The molecule has 0 aromatic heterocycles. The Morgan fingerprint density at radius 3 is 2.54 bits per heavy atom. The summed E-state index contributed by atoms with van der Waals surface area (Å²) in [4.78, 5) is 4.74. The Kier molecular flexibility index (Phi) is 5.86.